The largest absolute Gasteiger partial charge is 0.379 e. The van der Waals surface area contributed by atoms with Crippen LogP contribution in [0.15, 0.2) is 12.3 Å². The fourth-order valence-electron chi connectivity index (χ4n) is 1.73. The molecule has 1 aromatic heterocycles. The molecular weight excluding hydrogens is 190 g/mol. The Hall–Kier alpha value is -1.00. The number of aryl methyl sites for hydroxylation is 1. The van der Waals surface area contributed by atoms with Gasteiger partial charge in [0.05, 0.1) is 13.2 Å². The predicted molar refractivity (Wildman–Crippen MR) is 57.7 cm³/mol. The number of hydrogen-bond acceptors (Lipinski definition) is 4. The third kappa shape index (κ3) is 2.97. The first-order chi connectivity index (χ1) is 7.38. The van der Waals surface area contributed by atoms with E-state index in [-0.39, 0.29) is 0 Å². The van der Waals surface area contributed by atoms with E-state index in [2.05, 4.69) is 22.2 Å². The van der Waals surface area contributed by atoms with Crippen molar-refractivity contribution in [2.24, 2.45) is 0 Å². The van der Waals surface area contributed by atoms with E-state index < -0.39 is 0 Å². The van der Waals surface area contributed by atoms with E-state index >= 15 is 0 Å². The maximum Gasteiger partial charge on any atom is 0.128 e. The molecule has 0 aromatic carbocycles. The second-order valence-electron chi connectivity index (χ2n) is 3.75. The van der Waals surface area contributed by atoms with Crippen molar-refractivity contribution in [1.29, 1.82) is 0 Å². The molecule has 0 radical (unpaired) electrons. The number of hydrogen-bond donors (Lipinski definition) is 1. The molecule has 0 spiro atoms. The number of nitrogens with one attached hydrogen (secondary N) is 1. The van der Waals surface area contributed by atoms with Crippen LogP contribution in [0.25, 0.3) is 0 Å². The Labute approximate surface area is 90.1 Å². The van der Waals surface area contributed by atoms with Gasteiger partial charge >= 0.3 is 0 Å². The minimum absolute atomic E-state index is 0.401. The van der Waals surface area contributed by atoms with Crippen LogP contribution < -0.4 is 5.32 Å². The number of rotatable bonds is 3. The highest BCUT2D eigenvalue weighted by Gasteiger charge is 2.14. The summed E-state index contributed by atoms with van der Waals surface area (Å²) in [6.07, 6.45) is 3.66. The van der Waals surface area contributed by atoms with Gasteiger partial charge in [-0.25, -0.2) is 9.97 Å². The average molecular weight is 207 g/mol. The molecule has 4 nitrogen and oxygen atoms in total. The molecule has 1 aromatic rings. The second-order valence-corrected chi connectivity index (χ2v) is 3.75. The summed E-state index contributed by atoms with van der Waals surface area (Å²) in [7, 11) is 0. The molecule has 4 heteroatoms. The van der Waals surface area contributed by atoms with Crippen molar-refractivity contribution in [3.05, 3.63) is 23.8 Å². The van der Waals surface area contributed by atoms with E-state index in [9.17, 15) is 0 Å². The molecule has 2 rings (SSSR count). The summed E-state index contributed by atoms with van der Waals surface area (Å²) in [6.45, 7) is 4.61. The van der Waals surface area contributed by atoms with Crippen LogP contribution >= 0.6 is 0 Å². The van der Waals surface area contributed by atoms with Gasteiger partial charge in [0, 0.05) is 37.3 Å². The second kappa shape index (κ2) is 5.19. The van der Waals surface area contributed by atoms with Crippen LogP contribution in [0.5, 0.6) is 0 Å². The van der Waals surface area contributed by atoms with Gasteiger partial charge in [-0.05, 0) is 6.07 Å². The Morgan fingerprint density at radius 2 is 2.53 bits per heavy atom. The quantitative estimate of drug-likeness (QED) is 0.787. The Kier molecular flexibility index (Phi) is 3.64. The van der Waals surface area contributed by atoms with Crippen LogP contribution in [-0.2, 0) is 17.6 Å². The van der Waals surface area contributed by atoms with Crippen molar-refractivity contribution < 1.29 is 4.74 Å². The first-order valence-electron chi connectivity index (χ1n) is 5.50. The highest BCUT2D eigenvalue weighted by molar-refractivity contribution is 5.04. The van der Waals surface area contributed by atoms with Crippen LogP contribution in [0.3, 0.4) is 0 Å². The lowest BCUT2D eigenvalue weighted by Gasteiger charge is -2.23. The summed E-state index contributed by atoms with van der Waals surface area (Å²) >= 11 is 0. The van der Waals surface area contributed by atoms with Crippen LogP contribution in [-0.4, -0.2) is 35.8 Å². The highest BCUT2D eigenvalue weighted by atomic mass is 16.5. The molecule has 1 aliphatic rings. The van der Waals surface area contributed by atoms with Crippen molar-refractivity contribution in [3.63, 3.8) is 0 Å². The molecule has 1 atom stereocenters. The van der Waals surface area contributed by atoms with E-state index in [4.69, 9.17) is 4.74 Å². The molecular formula is C11H17N3O. The van der Waals surface area contributed by atoms with Gasteiger partial charge in [-0.2, -0.15) is 0 Å². The normalized spacial score (nSPS) is 21.5. The third-order valence-electron chi connectivity index (χ3n) is 2.53. The van der Waals surface area contributed by atoms with Gasteiger partial charge in [0.2, 0.25) is 0 Å². The molecule has 0 saturated carbocycles. The maximum absolute atomic E-state index is 5.40. The van der Waals surface area contributed by atoms with Gasteiger partial charge < -0.3 is 10.1 Å². The Balaban J connectivity index is 1.96. The smallest absolute Gasteiger partial charge is 0.128 e. The van der Waals surface area contributed by atoms with Crippen LogP contribution in [0.2, 0.25) is 0 Å². The van der Waals surface area contributed by atoms with E-state index in [1.165, 1.54) is 0 Å². The Morgan fingerprint density at radius 1 is 1.60 bits per heavy atom. The molecule has 0 bridgehead atoms. The Bertz CT molecular complexity index is 310. The van der Waals surface area contributed by atoms with E-state index in [1.54, 1.807) is 0 Å². The number of ether oxygens (including phenoxy) is 1. The van der Waals surface area contributed by atoms with Gasteiger partial charge in [-0.15, -0.1) is 0 Å². The molecule has 82 valence electrons. The molecule has 0 aliphatic carbocycles. The first kappa shape index (κ1) is 10.5. The van der Waals surface area contributed by atoms with Gasteiger partial charge in [0.25, 0.3) is 0 Å². The molecule has 1 unspecified atom stereocenters. The van der Waals surface area contributed by atoms with Crippen molar-refractivity contribution >= 4 is 0 Å². The van der Waals surface area contributed by atoms with E-state index in [0.29, 0.717) is 6.04 Å². The van der Waals surface area contributed by atoms with Gasteiger partial charge in [-0.3, -0.25) is 0 Å². The maximum atomic E-state index is 5.40. The van der Waals surface area contributed by atoms with Gasteiger partial charge in [0.15, 0.2) is 0 Å². The summed E-state index contributed by atoms with van der Waals surface area (Å²) in [5, 5.41) is 3.42. The van der Waals surface area contributed by atoms with E-state index in [1.807, 2.05) is 12.3 Å². The molecule has 1 N–H and O–H groups in total. The average Bonchev–Trinajstić information content (AvgIpc) is 2.31. The molecule has 1 saturated heterocycles. The third-order valence-corrected chi connectivity index (χ3v) is 2.53. The number of nitrogens with zero attached hydrogens (tertiary/aromatic N) is 2. The number of morpholine rings is 1. The summed E-state index contributed by atoms with van der Waals surface area (Å²) in [6, 6.07) is 2.38. The van der Waals surface area contributed by atoms with Crippen molar-refractivity contribution in [3.8, 4) is 0 Å². The summed E-state index contributed by atoms with van der Waals surface area (Å²) in [5.74, 6) is 0.921. The summed E-state index contributed by atoms with van der Waals surface area (Å²) < 4.78 is 5.40. The van der Waals surface area contributed by atoms with Crippen LogP contribution in [0.4, 0.5) is 0 Å². The zero-order valence-corrected chi connectivity index (χ0v) is 9.07. The molecule has 0 amide bonds. The lowest BCUT2D eigenvalue weighted by atomic mass is 10.1. The van der Waals surface area contributed by atoms with Crippen molar-refractivity contribution in [2.75, 3.05) is 19.8 Å². The molecule has 15 heavy (non-hydrogen) atoms. The first-order valence-corrected chi connectivity index (χ1v) is 5.50. The lowest BCUT2D eigenvalue weighted by molar-refractivity contribution is 0.0767. The lowest BCUT2D eigenvalue weighted by Crippen LogP contribution is -2.42. The highest BCUT2D eigenvalue weighted by Crippen LogP contribution is 2.03. The number of aromatic nitrogens is 2. The minimum atomic E-state index is 0.401. The fraction of sp³-hybridized carbons (Fsp3) is 0.636. The molecule has 2 heterocycles. The predicted octanol–water partition coefficient (Wildman–Crippen LogP) is 0.570. The van der Waals surface area contributed by atoms with Gasteiger partial charge in [-0.1, -0.05) is 6.92 Å². The van der Waals surface area contributed by atoms with Crippen LogP contribution in [0, 0.1) is 0 Å². The van der Waals surface area contributed by atoms with Crippen molar-refractivity contribution in [1.82, 2.24) is 15.3 Å². The van der Waals surface area contributed by atoms with Crippen LogP contribution in [0.1, 0.15) is 18.4 Å². The monoisotopic (exact) mass is 207 g/mol. The molecule has 1 fully saturated rings. The van der Waals surface area contributed by atoms with Gasteiger partial charge in [0.1, 0.15) is 5.82 Å². The Morgan fingerprint density at radius 3 is 3.27 bits per heavy atom. The summed E-state index contributed by atoms with van der Waals surface area (Å²) in [5.41, 5.74) is 1.10. The van der Waals surface area contributed by atoms with E-state index in [0.717, 1.165) is 44.1 Å². The fourth-order valence-corrected chi connectivity index (χ4v) is 1.73. The minimum Gasteiger partial charge on any atom is -0.379 e. The van der Waals surface area contributed by atoms with Crippen molar-refractivity contribution in [2.45, 2.75) is 25.8 Å². The summed E-state index contributed by atoms with van der Waals surface area (Å²) in [4.78, 5) is 8.67. The topological polar surface area (TPSA) is 47.0 Å². The zero-order chi connectivity index (χ0) is 10.5. The standard InChI is InChI=1S/C11H17N3O/c1-2-11-13-4-3-9(14-11)7-10-8-15-6-5-12-10/h3-4,10,12H,2,5-8H2,1H3. The SMILES string of the molecule is CCc1nccc(CC2COCCN2)n1. The zero-order valence-electron chi connectivity index (χ0n) is 9.07. The molecule has 1 aliphatic heterocycles.